The summed E-state index contributed by atoms with van der Waals surface area (Å²) in [4.78, 5) is 29.3. The number of rotatable bonds is 7. The van der Waals surface area contributed by atoms with E-state index in [2.05, 4.69) is 22.1 Å². The highest BCUT2D eigenvalue weighted by Gasteiger charge is 2.18. The van der Waals surface area contributed by atoms with E-state index in [-0.39, 0.29) is 18.0 Å². The van der Waals surface area contributed by atoms with E-state index in [0.29, 0.717) is 5.13 Å². The molecule has 0 bridgehead atoms. The number of aromatic nitrogens is 1. The highest BCUT2D eigenvalue weighted by atomic mass is 32.1. The lowest BCUT2D eigenvalue weighted by Crippen LogP contribution is -2.32. The number of amides is 1. The van der Waals surface area contributed by atoms with Gasteiger partial charge in [-0.05, 0) is 37.9 Å². The van der Waals surface area contributed by atoms with Crippen LogP contribution in [0.1, 0.15) is 25.5 Å². The normalized spacial score (nSPS) is 15.4. The lowest BCUT2D eigenvalue weighted by molar-refractivity contribution is -0.385. The van der Waals surface area contributed by atoms with Gasteiger partial charge in [-0.2, -0.15) is 0 Å². The van der Waals surface area contributed by atoms with E-state index in [0.717, 1.165) is 31.2 Å². The Hall–Kier alpha value is -2.52. The molecule has 0 unspecified atom stereocenters. The molecule has 1 amide bonds. The van der Waals surface area contributed by atoms with Crippen molar-refractivity contribution in [1.82, 2.24) is 9.88 Å². The number of hydrogen-bond acceptors (Lipinski definition) is 7. The summed E-state index contributed by atoms with van der Waals surface area (Å²) in [6, 6.07) is 5.97. The number of nitrogens with zero attached hydrogens (tertiary/aromatic N) is 3. The zero-order chi connectivity index (χ0) is 19.2. The van der Waals surface area contributed by atoms with Gasteiger partial charge in [0.2, 0.25) is 0 Å². The fraction of sp³-hybridized carbons (Fsp3) is 0.444. The summed E-state index contributed by atoms with van der Waals surface area (Å²) in [5.74, 6) is 0.449. The van der Waals surface area contributed by atoms with Crippen molar-refractivity contribution >= 4 is 28.1 Å². The number of carbonyl (C=O) groups excluding carboxylic acids is 1. The van der Waals surface area contributed by atoms with Gasteiger partial charge in [0.1, 0.15) is 0 Å². The van der Waals surface area contributed by atoms with Gasteiger partial charge in [-0.25, -0.2) is 4.98 Å². The lowest BCUT2D eigenvalue weighted by atomic mass is 9.99. The predicted octanol–water partition coefficient (Wildman–Crippen LogP) is 3.30. The number of nitro benzene ring substituents is 1. The maximum Gasteiger partial charge on any atom is 0.310 e. The summed E-state index contributed by atoms with van der Waals surface area (Å²) in [5, 5.41) is 16.1. The third-order valence-electron chi connectivity index (χ3n) is 4.48. The van der Waals surface area contributed by atoms with Crippen molar-refractivity contribution in [3.8, 4) is 5.75 Å². The average Bonchev–Trinajstić information content (AvgIpc) is 3.09. The quantitative estimate of drug-likeness (QED) is 0.575. The SMILES string of the molecule is CC1CCN(Cc2csc(NC(=O)COc3ccccc3[N+](=O)[O-])n2)CC1. The van der Waals surface area contributed by atoms with Crippen LogP contribution < -0.4 is 10.1 Å². The second-order valence-electron chi connectivity index (χ2n) is 6.66. The highest BCUT2D eigenvalue weighted by Crippen LogP contribution is 2.26. The molecule has 1 saturated heterocycles. The maximum atomic E-state index is 12.1. The van der Waals surface area contributed by atoms with Crippen LogP contribution in [0.15, 0.2) is 29.6 Å². The van der Waals surface area contributed by atoms with Crippen molar-refractivity contribution in [2.75, 3.05) is 25.0 Å². The number of nitrogens with one attached hydrogen (secondary N) is 1. The molecule has 2 aromatic rings. The molecule has 144 valence electrons. The second-order valence-corrected chi connectivity index (χ2v) is 7.52. The Morgan fingerprint density at radius 2 is 2.15 bits per heavy atom. The number of ether oxygens (including phenoxy) is 1. The summed E-state index contributed by atoms with van der Waals surface area (Å²) in [5.41, 5.74) is 0.766. The van der Waals surface area contributed by atoms with Crippen LogP contribution in [0.4, 0.5) is 10.8 Å². The van der Waals surface area contributed by atoms with Crippen LogP contribution in [0, 0.1) is 16.0 Å². The molecule has 9 heteroatoms. The number of hydrogen-bond donors (Lipinski definition) is 1. The van der Waals surface area contributed by atoms with Gasteiger partial charge >= 0.3 is 5.69 Å². The fourth-order valence-corrected chi connectivity index (χ4v) is 3.63. The Kier molecular flexibility index (Phi) is 6.36. The topological polar surface area (TPSA) is 97.6 Å². The van der Waals surface area contributed by atoms with E-state index in [9.17, 15) is 14.9 Å². The monoisotopic (exact) mass is 390 g/mol. The number of anilines is 1. The molecular weight excluding hydrogens is 368 g/mol. The Balaban J connectivity index is 1.49. The van der Waals surface area contributed by atoms with Crippen LogP contribution in [-0.2, 0) is 11.3 Å². The first kappa shape index (κ1) is 19.2. The first-order valence-corrected chi connectivity index (χ1v) is 9.72. The first-order valence-electron chi connectivity index (χ1n) is 8.84. The van der Waals surface area contributed by atoms with E-state index in [1.807, 2.05) is 5.38 Å². The third kappa shape index (κ3) is 5.48. The van der Waals surface area contributed by atoms with Gasteiger partial charge in [0, 0.05) is 18.0 Å². The molecule has 1 aromatic heterocycles. The van der Waals surface area contributed by atoms with Gasteiger partial charge in [0.25, 0.3) is 5.91 Å². The summed E-state index contributed by atoms with van der Waals surface area (Å²) >= 11 is 1.36. The zero-order valence-electron chi connectivity index (χ0n) is 15.1. The van der Waals surface area contributed by atoms with Crippen LogP contribution in [0.3, 0.4) is 0 Å². The van der Waals surface area contributed by atoms with Gasteiger partial charge < -0.3 is 4.74 Å². The summed E-state index contributed by atoms with van der Waals surface area (Å²) in [7, 11) is 0. The number of para-hydroxylation sites is 2. The number of carbonyl (C=O) groups is 1. The molecule has 0 atom stereocenters. The van der Waals surface area contributed by atoms with Crippen molar-refractivity contribution < 1.29 is 14.5 Å². The van der Waals surface area contributed by atoms with Gasteiger partial charge in [0.15, 0.2) is 17.5 Å². The molecule has 0 saturated carbocycles. The van der Waals surface area contributed by atoms with Crippen LogP contribution in [0.5, 0.6) is 5.75 Å². The van der Waals surface area contributed by atoms with Crippen molar-refractivity contribution in [3.63, 3.8) is 0 Å². The molecule has 8 nitrogen and oxygen atoms in total. The van der Waals surface area contributed by atoms with E-state index < -0.39 is 10.8 Å². The van der Waals surface area contributed by atoms with Crippen molar-refractivity contribution in [2.45, 2.75) is 26.3 Å². The van der Waals surface area contributed by atoms with Gasteiger partial charge in [0.05, 0.1) is 10.6 Å². The zero-order valence-corrected chi connectivity index (χ0v) is 15.9. The van der Waals surface area contributed by atoms with E-state index >= 15 is 0 Å². The molecule has 2 heterocycles. The number of thiazole rings is 1. The van der Waals surface area contributed by atoms with Crippen LogP contribution in [-0.4, -0.2) is 40.4 Å². The summed E-state index contributed by atoms with van der Waals surface area (Å²) < 4.78 is 5.29. The van der Waals surface area contributed by atoms with E-state index in [4.69, 9.17) is 4.74 Å². The number of nitro groups is 1. The molecule has 1 aliphatic rings. The number of likely N-dealkylation sites (tertiary alicyclic amines) is 1. The molecule has 0 aliphatic carbocycles. The smallest absolute Gasteiger partial charge is 0.310 e. The molecule has 0 radical (unpaired) electrons. The van der Waals surface area contributed by atoms with Gasteiger partial charge in [-0.1, -0.05) is 19.1 Å². The molecule has 1 aliphatic heterocycles. The van der Waals surface area contributed by atoms with E-state index in [1.165, 1.54) is 36.3 Å². The number of piperidine rings is 1. The predicted molar refractivity (Wildman–Crippen MR) is 103 cm³/mol. The largest absolute Gasteiger partial charge is 0.477 e. The summed E-state index contributed by atoms with van der Waals surface area (Å²) in [6.45, 7) is 4.89. The van der Waals surface area contributed by atoms with Gasteiger partial charge in [-0.15, -0.1) is 11.3 Å². The van der Waals surface area contributed by atoms with Crippen LogP contribution in [0.25, 0.3) is 0 Å². The van der Waals surface area contributed by atoms with Crippen LogP contribution in [0.2, 0.25) is 0 Å². The average molecular weight is 390 g/mol. The standard InChI is InChI=1S/C18H22N4O4S/c1-13-6-8-21(9-7-13)10-14-12-27-18(19-14)20-17(23)11-26-16-5-3-2-4-15(16)22(24)25/h2-5,12-13H,6-11H2,1H3,(H,19,20,23). The number of benzene rings is 1. The highest BCUT2D eigenvalue weighted by molar-refractivity contribution is 7.13. The minimum absolute atomic E-state index is 0.0665. The third-order valence-corrected chi connectivity index (χ3v) is 5.29. The molecule has 27 heavy (non-hydrogen) atoms. The summed E-state index contributed by atoms with van der Waals surface area (Å²) in [6.07, 6.45) is 2.41. The fourth-order valence-electron chi connectivity index (χ4n) is 2.91. The first-order chi connectivity index (χ1) is 13.0. The molecular formula is C18H22N4O4S. The second kappa shape index (κ2) is 8.92. The molecule has 1 fully saturated rings. The Morgan fingerprint density at radius 3 is 2.89 bits per heavy atom. The minimum Gasteiger partial charge on any atom is -0.477 e. The molecule has 1 aromatic carbocycles. The van der Waals surface area contributed by atoms with Crippen molar-refractivity contribution in [3.05, 3.63) is 45.5 Å². The molecule has 0 spiro atoms. The minimum atomic E-state index is -0.540. The molecule has 1 N–H and O–H groups in total. The van der Waals surface area contributed by atoms with Crippen LogP contribution >= 0.6 is 11.3 Å². The van der Waals surface area contributed by atoms with Crippen molar-refractivity contribution in [2.24, 2.45) is 5.92 Å². The van der Waals surface area contributed by atoms with E-state index in [1.54, 1.807) is 12.1 Å². The maximum absolute atomic E-state index is 12.1. The molecule has 3 rings (SSSR count). The lowest BCUT2D eigenvalue weighted by Gasteiger charge is -2.29. The Labute approximate surface area is 161 Å². The Morgan fingerprint density at radius 1 is 1.41 bits per heavy atom. The Bertz CT molecular complexity index is 802. The van der Waals surface area contributed by atoms with Crippen molar-refractivity contribution in [1.29, 1.82) is 0 Å². The van der Waals surface area contributed by atoms with Gasteiger partial charge in [-0.3, -0.25) is 25.1 Å².